The number of aliphatic carboxylic acids is 1. The number of likely N-dealkylation sites (tertiary alicyclic amines) is 1. The van der Waals surface area contributed by atoms with E-state index in [0.29, 0.717) is 13.1 Å². The van der Waals surface area contributed by atoms with Crippen molar-refractivity contribution in [2.75, 3.05) is 19.6 Å². The van der Waals surface area contributed by atoms with Crippen LogP contribution >= 0.6 is 0 Å². The van der Waals surface area contributed by atoms with Crippen LogP contribution in [0.3, 0.4) is 0 Å². The van der Waals surface area contributed by atoms with Gasteiger partial charge in [-0.3, -0.25) is 9.69 Å². The number of carboxylic acids is 1. The molecule has 0 spiro atoms. The molecular weight excluding hydrogens is 198 g/mol. The Bertz CT molecular complexity index is 338. The van der Waals surface area contributed by atoms with Crippen molar-refractivity contribution in [3.05, 3.63) is 18.7 Å². The quantitative estimate of drug-likeness (QED) is 0.683. The maximum absolute atomic E-state index is 10.5. The summed E-state index contributed by atoms with van der Waals surface area (Å²) in [7, 11) is 0. The van der Waals surface area contributed by atoms with E-state index >= 15 is 0 Å². The third-order valence-electron chi connectivity index (χ3n) is 2.60. The first kappa shape index (κ1) is 10.1. The van der Waals surface area contributed by atoms with Gasteiger partial charge in [-0.05, 0) is 0 Å². The summed E-state index contributed by atoms with van der Waals surface area (Å²) in [5, 5.41) is 18.4. The predicted octanol–water partition coefficient (Wildman–Crippen LogP) is -0.815. The van der Waals surface area contributed by atoms with Gasteiger partial charge in [-0.25, -0.2) is 4.98 Å². The van der Waals surface area contributed by atoms with Crippen molar-refractivity contribution in [3.8, 4) is 0 Å². The molecule has 0 unspecified atom stereocenters. The number of carbonyl (C=O) groups is 1. The highest BCUT2D eigenvalue weighted by molar-refractivity contribution is 5.69. The van der Waals surface area contributed by atoms with E-state index in [-0.39, 0.29) is 12.6 Å². The number of nitrogens with zero attached hydrogens (tertiary/aromatic N) is 3. The molecule has 6 heteroatoms. The summed E-state index contributed by atoms with van der Waals surface area (Å²) < 4.78 is 1.81. The number of aliphatic hydroxyl groups excluding tert-OH is 1. The first-order chi connectivity index (χ1) is 7.16. The fourth-order valence-corrected chi connectivity index (χ4v) is 1.93. The molecule has 0 bridgehead atoms. The monoisotopic (exact) mass is 211 g/mol. The number of aliphatic hydroxyl groups is 1. The first-order valence-corrected chi connectivity index (χ1v) is 4.76. The minimum atomic E-state index is -0.867. The Labute approximate surface area is 86.8 Å². The minimum Gasteiger partial charge on any atom is -0.480 e. The lowest BCUT2D eigenvalue weighted by molar-refractivity contribution is -0.138. The molecule has 0 amide bonds. The highest BCUT2D eigenvalue weighted by Crippen LogP contribution is 2.21. The smallest absolute Gasteiger partial charge is 0.317 e. The maximum Gasteiger partial charge on any atom is 0.317 e. The van der Waals surface area contributed by atoms with Crippen LogP contribution in [-0.4, -0.2) is 56.4 Å². The molecule has 1 aromatic heterocycles. The summed E-state index contributed by atoms with van der Waals surface area (Å²) in [6, 6.07) is -0.0909. The van der Waals surface area contributed by atoms with Crippen molar-refractivity contribution < 1.29 is 15.0 Å². The van der Waals surface area contributed by atoms with Crippen molar-refractivity contribution in [1.29, 1.82) is 0 Å². The molecule has 0 saturated carbocycles. The Hall–Kier alpha value is -1.40. The van der Waals surface area contributed by atoms with Gasteiger partial charge in [0.15, 0.2) is 0 Å². The molecule has 82 valence electrons. The van der Waals surface area contributed by atoms with Crippen LogP contribution in [0.15, 0.2) is 18.7 Å². The average Bonchev–Trinajstić information content (AvgIpc) is 2.72. The first-order valence-electron chi connectivity index (χ1n) is 4.76. The highest BCUT2D eigenvalue weighted by Gasteiger charge is 2.32. The van der Waals surface area contributed by atoms with Crippen molar-refractivity contribution in [1.82, 2.24) is 14.5 Å². The standard InChI is InChI=1S/C9H13N3O3/c13-8-4-11(5-9(14)15)3-7(8)12-2-1-10-6-12/h1-2,6-8,13H,3-5H2,(H,14,15)/t7-,8-/m1/s1. The van der Waals surface area contributed by atoms with Crippen molar-refractivity contribution >= 4 is 5.97 Å². The predicted molar refractivity (Wildman–Crippen MR) is 51.3 cm³/mol. The molecule has 1 fully saturated rings. The summed E-state index contributed by atoms with van der Waals surface area (Å²) in [6.45, 7) is 0.918. The van der Waals surface area contributed by atoms with Gasteiger partial charge in [0.2, 0.25) is 0 Å². The lowest BCUT2D eigenvalue weighted by Crippen LogP contribution is -2.28. The minimum absolute atomic E-state index is 0.0255. The summed E-state index contributed by atoms with van der Waals surface area (Å²) in [4.78, 5) is 16.1. The second-order valence-electron chi connectivity index (χ2n) is 3.73. The second-order valence-corrected chi connectivity index (χ2v) is 3.73. The Balaban J connectivity index is 2.01. The fraction of sp³-hybridized carbons (Fsp3) is 0.556. The van der Waals surface area contributed by atoms with Crippen LogP contribution in [0.5, 0.6) is 0 Å². The molecule has 1 saturated heterocycles. The molecule has 0 aromatic carbocycles. The topological polar surface area (TPSA) is 78.6 Å². The molecule has 1 aliphatic heterocycles. The van der Waals surface area contributed by atoms with E-state index in [9.17, 15) is 9.90 Å². The zero-order chi connectivity index (χ0) is 10.8. The molecule has 1 aromatic rings. The van der Waals surface area contributed by atoms with Gasteiger partial charge in [-0.2, -0.15) is 0 Å². The molecule has 15 heavy (non-hydrogen) atoms. The van der Waals surface area contributed by atoms with Crippen LogP contribution in [0.25, 0.3) is 0 Å². The molecule has 2 N–H and O–H groups in total. The van der Waals surface area contributed by atoms with E-state index in [0.717, 1.165) is 0 Å². The Morgan fingerprint density at radius 1 is 1.53 bits per heavy atom. The van der Waals surface area contributed by atoms with E-state index in [1.807, 2.05) is 4.57 Å². The van der Waals surface area contributed by atoms with Crippen LogP contribution in [0.2, 0.25) is 0 Å². The van der Waals surface area contributed by atoms with E-state index < -0.39 is 12.1 Å². The number of aromatic nitrogens is 2. The normalized spacial score (nSPS) is 27.0. The molecule has 0 radical (unpaired) electrons. The number of rotatable bonds is 3. The Morgan fingerprint density at radius 2 is 2.33 bits per heavy atom. The van der Waals surface area contributed by atoms with Gasteiger partial charge in [0.1, 0.15) is 0 Å². The number of β-amino-alcohol motifs (C(OH)–C–C–N with tert-alkyl or cyclic N) is 1. The lowest BCUT2D eigenvalue weighted by atomic mass is 10.2. The van der Waals surface area contributed by atoms with E-state index in [2.05, 4.69) is 4.98 Å². The zero-order valence-electron chi connectivity index (χ0n) is 8.15. The molecule has 1 aliphatic rings. The Morgan fingerprint density at radius 3 is 2.93 bits per heavy atom. The van der Waals surface area contributed by atoms with Crippen LogP contribution in [0, 0.1) is 0 Å². The lowest BCUT2D eigenvalue weighted by Gasteiger charge is -2.14. The van der Waals surface area contributed by atoms with Gasteiger partial charge < -0.3 is 14.8 Å². The molecule has 2 heterocycles. The fourth-order valence-electron chi connectivity index (χ4n) is 1.93. The number of carboxylic acid groups (broad SMARTS) is 1. The van der Waals surface area contributed by atoms with Crippen molar-refractivity contribution in [2.24, 2.45) is 0 Å². The molecule has 2 atom stereocenters. The largest absolute Gasteiger partial charge is 0.480 e. The SMILES string of the molecule is O=C(O)CN1C[C@@H](O)[C@H](n2ccnc2)C1. The highest BCUT2D eigenvalue weighted by atomic mass is 16.4. The van der Waals surface area contributed by atoms with Crippen LogP contribution in [-0.2, 0) is 4.79 Å². The van der Waals surface area contributed by atoms with Crippen LogP contribution < -0.4 is 0 Å². The molecule has 0 aliphatic carbocycles. The van der Waals surface area contributed by atoms with E-state index in [1.54, 1.807) is 23.6 Å². The summed E-state index contributed by atoms with van der Waals surface area (Å²) in [6.07, 6.45) is 4.53. The average molecular weight is 211 g/mol. The second kappa shape index (κ2) is 4.00. The van der Waals surface area contributed by atoms with Gasteiger partial charge in [-0.1, -0.05) is 0 Å². The van der Waals surface area contributed by atoms with Gasteiger partial charge >= 0.3 is 5.97 Å². The van der Waals surface area contributed by atoms with Gasteiger partial charge in [0.25, 0.3) is 0 Å². The van der Waals surface area contributed by atoms with E-state index in [1.165, 1.54) is 0 Å². The third-order valence-corrected chi connectivity index (χ3v) is 2.60. The third kappa shape index (κ3) is 2.16. The maximum atomic E-state index is 10.5. The van der Waals surface area contributed by atoms with Crippen molar-refractivity contribution in [3.63, 3.8) is 0 Å². The summed E-state index contributed by atoms with van der Waals surface area (Å²) in [5.74, 6) is -0.867. The number of hydrogen-bond acceptors (Lipinski definition) is 4. The zero-order valence-corrected chi connectivity index (χ0v) is 8.15. The molecule has 2 rings (SSSR count). The molecular formula is C9H13N3O3. The van der Waals surface area contributed by atoms with Gasteiger partial charge in [0.05, 0.1) is 25.0 Å². The van der Waals surface area contributed by atoms with Gasteiger partial charge in [-0.15, -0.1) is 0 Å². The van der Waals surface area contributed by atoms with Crippen LogP contribution in [0.1, 0.15) is 6.04 Å². The summed E-state index contributed by atoms with van der Waals surface area (Å²) in [5.41, 5.74) is 0. The van der Waals surface area contributed by atoms with Crippen LogP contribution in [0.4, 0.5) is 0 Å². The Kier molecular flexibility index (Phi) is 2.70. The summed E-state index contributed by atoms with van der Waals surface area (Å²) >= 11 is 0. The van der Waals surface area contributed by atoms with Gasteiger partial charge in [0, 0.05) is 25.5 Å². The number of hydrogen-bond donors (Lipinski definition) is 2. The van der Waals surface area contributed by atoms with E-state index in [4.69, 9.17) is 5.11 Å². The number of imidazole rings is 1. The molecule has 6 nitrogen and oxygen atoms in total. The van der Waals surface area contributed by atoms with Crippen molar-refractivity contribution in [2.45, 2.75) is 12.1 Å².